The lowest BCUT2D eigenvalue weighted by molar-refractivity contribution is 0.488. The van der Waals surface area contributed by atoms with Crippen LogP contribution in [0.3, 0.4) is 0 Å². The molecule has 0 aliphatic rings. The molecule has 2 aromatic heterocycles. The predicted molar refractivity (Wildman–Crippen MR) is 118 cm³/mol. The lowest BCUT2D eigenvalue weighted by Crippen LogP contribution is -1.94. The van der Waals surface area contributed by atoms with Crippen molar-refractivity contribution in [3.63, 3.8) is 0 Å². The van der Waals surface area contributed by atoms with Gasteiger partial charge in [-0.05, 0) is 79.2 Å². The van der Waals surface area contributed by atoms with Gasteiger partial charge in [-0.1, -0.05) is 22.9 Å². The van der Waals surface area contributed by atoms with Gasteiger partial charge in [0, 0.05) is 10.4 Å². The molecule has 0 unspecified atom stereocenters. The first-order valence-corrected chi connectivity index (χ1v) is 9.97. The first kappa shape index (κ1) is 19.2. The number of rotatable bonds is 4. The largest absolute Gasteiger partial charge is 0.457 e. The molecule has 0 saturated carbocycles. The fourth-order valence-corrected chi connectivity index (χ4v) is 3.38. The summed E-state index contributed by atoms with van der Waals surface area (Å²) in [4.78, 5) is 4.72. The molecular weight excluding hydrogens is 415 g/mol. The van der Waals surface area contributed by atoms with E-state index in [1.165, 1.54) is 12.1 Å². The second-order valence-electron chi connectivity index (χ2n) is 7.06. The van der Waals surface area contributed by atoms with E-state index in [-0.39, 0.29) is 5.82 Å². The Morgan fingerprint density at radius 1 is 0.935 bits per heavy atom. The topological polar surface area (TPSA) is 52.8 Å². The van der Waals surface area contributed by atoms with Crippen LogP contribution in [0.1, 0.15) is 5.56 Å². The van der Waals surface area contributed by atoms with E-state index >= 15 is 0 Å². The van der Waals surface area contributed by atoms with Crippen LogP contribution in [0.5, 0.6) is 11.5 Å². The summed E-state index contributed by atoms with van der Waals surface area (Å²) in [7, 11) is 0. The summed E-state index contributed by atoms with van der Waals surface area (Å²) in [5, 5.41) is 9.92. The molecule has 5 rings (SSSR count). The lowest BCUT2D eigenvalue weighted by atomic mass is 10.1. The number of fused-ring (bicyclic) bond motifs is 1. The third-order valence-corrected chi connectivity index (χ3v) is 5.32. The Morgan fingerprint density at radius 2 is 1.77 bits per heavy atom. The Kier molecular flexibility index (Phi) is 4.84. The molecule has 3 aromatic carbocycles. The van der Waals surface area contributed by atoms with Crippen LogP contribution < -0.4 is 4.74 Å². The standard InChI is InChI=1S/C24H16ClFN4O/c1-15-13-18(9-11-20(15)25)31-24-4-2-3-21-19(24)10-12-22(27-21)23-14-30(29-28-23)17-7-5-16(26)6-8-17/h2-14H,1H3. The van der Waals surface area contributed by atoms with Gasteiger partial charge in [-0.3, -0.25) is 0 Å². The second kappa shape index (κ2) is 7.81. The van der Waals surface area contributed by atoms with Crippen LogP contribution in [0.2, 0.25) is 5.02 Å². The van der Waals surface area contributed by atoms with Crippen LogP contribution in [0.25, 0.3) is 28.0 Å². The van der Waals surface area contributed by atoms with Crippen molar-refractivity contribution in [1.29, 1.82) is 0 Å². The van der Waals surface area contributed by atoms with Crippen molar-refractivity contribution in [1.82, 2.24) is 20.0 Å². The number of hydrogen-bond acceptors (Lipinski definition) is 4. The average Bonchev–Trinajstić information content (AvgIpc) is 3.27. The van der Waals surface area contributed by atoms with E-state index in [9.17, 15) is 4.39 Å². The molecule has 0 amide bonds. The van der Waals surface area contributed by atoms with Crippen molar-refractivity contribution in [3.8, 4) is 28.6 Å². The van der Waals surface area contributed by atoms with E-state index in [1.54, 1.807) is 23.0 Å². The van der Waals surface area contributed by atoms with Crippen molar-refractivity contribution >= 4 is 22.5 Å². The van der Waals surface area contributed by atoms with Gasteiger partial charge in [0.2, 0.25) is 0 Å². The number of nitrogens with zero attached hydrogens (tertiary/aromatic N) is 4. The van der Waals surface area contributed by atoms with Crippen molar-refractivity contribution in [2.75, 3.05) is 0 Å². The first-order chi connectivity index (χ1) is 15.1. The minimum Gasteiger partial charge on any atom is -0.457 e. The van der Waals surface area contributed by atoms with E-state index < -0.39 is 0 Å². The van der Waals surface area contributed by atoms with Gasteiger partial charge in [-0.25, -0.2) is 14.1 Å². The van der Waals surface area contributed by atoms with E-state index in [1.807, 2.05) is 55.5 Å². The molecule has 7 heteroatoms. The predicted octanol–water partition coefficient (Wildman–Crippen LogP) is 6.38. The number of ether oxygens (including phenoxy) is 1. The number of benzene rings is 3. The first-order valence-electron chi connectivity index (χ1n) is 9.59. The summed E-state index contributed by atoms with van der Waals surface area (Å²) in [5.41, 5.74) is 3.74. The van der Waals surface area contributed by atoms with Crippen LogP contribution >= 0.6 is 11.6 Å². The smallest absolute Gasteiger partial charge is 0.136 e. The van der Waals surface area contributed by atoms with Crippen molar-refractivity contribution in [2.24, 2.45) is 0 Å². The Labute approximate surface area is 182 Å². The zero-order chi connectivity index (χ0) is 21.4. The molecule has 0 saturated heterocycles. The molecule has 5 aromatic rings. The van der Waals surface area contributed by atoms with Crippen LogP contribution in [0.4, 0.5) is 4.39 Å². The van der Waals surface area contributed by atoms with Gasteiger partial charge in [-0.15, -0.1) is 5.10 Å². The summed E-state index contributed by atoms with van der Waals surface area (Å²) < 4.78 is 20.8. The maximum atomic E-state index is 13.2. The molecule has 0 atom stereocenters. The van der Waals surface area contributed by atoms with Crippen LogP contribution in [0, 0.1) is 12.7 Å². The number of hydrogen-bond donors (Lipinski definition) is 0. The van der Waals surface area contributed by atoms with Crippen molar-refractivity contribution < 1.29 is 9.13 Å². The van der Waals surface area contributed by atoms with Gasteiger partial charge in [0.15, 0.2) is 0 Å². The minimum atomic E-state index is -0.299. The van der Waals surface area contributed by atoms with Crippen molar-refractivity contribution in [2.45, 2.75) is 6.92 Å². The molecule has 0 aliphatic carbocycles. The summed E-state index contributed by atoms with van der Waals surface area (Å²) in [6.45, 7) is 1.94. The number of pyridine rings is 1. The Hall–Kier alpha value is -3.77. The lowest BCUT2D eigenvalue weighted by Gasteiger charge is -2.10. The third-order valence-electron chi connectivity index (χ3n) is 4.90. The fourth-order valence-electron chi connectivity index (χ4n) is 3.27. The van der Waals surface area contributed by atoms with Gasteiger partial charge < -0.3 is 4.74 Å². The van der Waals surface area contributed by atoms with Crippen LogP contribution in [0.15, 0.2) is 79.0 Å². The van der Waals surface area contributed by atoms with Gasteiger partial charge in [0.25, 0.3) is 0 Å². The highest BCUT2D eigenvalue weighted by atomic mass is 35.5. The highest BCUT2D eigenvalue weighted by Crippen LogP contribution is 2.32. The van der Waals surface area contributed by atoms with Gasteiger partial charge in [-0.2, -0.15) is 0 Å². The fraction of sp³-hybridized carbons (Fsp3) is 0.0417. The zero-order valence-electron chi connectivity index (χ0n) is 16.5. The number of aromatic nitrogens is 4. The summed E-state index contributed by atoms with van der Waals surface area (Å²) in [6.07, 6.45) is 1.76. The normalized spacial score (nSPS) is 11.1. The van der Waals surface area contributed by atoms with Crippen molar-refractivity contribution in [3.05, 3.63) is 95.4 Å². The maximum Gasteiger partial charge on any atom is 0.136 e. The molecule has 5 nitrogen and oxygen atoms in total. The third kappa shape index (κ3) is 3.85. The molecule has 0 N–H and O–H groups in total. The number of halogens is 2. The molecular formula is C24H16ClFN4O. The molecule has 0 spiro atoms. The van der Waals surface area contributed by atoms with E-state index in [0.29, 0.717) is 27.9 Å². The van der Waals surface area contributed by atoms with Gasteiger partial charge in [0.1, 0.15) is 23.0 Å². The second-order valence-corrected chi connectivity index (χ2v) is 7.46. The quantitative estimate of drug-likeness (QED) is 0.332. The molecule has 31 heavy (non-hydrogen) atoms. The molecule has 0 aliphatic heterocycles. The highest BCUT2D eigenvalue weighted by molar-refractivity contribution is 6.31. The minimum absolute atomic E-state index is 0.299. The monoisotopic (exact) mass is 430 g/mol. The van der Waals surface area contributed by atoms with Gasteiger partial charge in [0.05, 0.1) is 23.1 Å². The summed E-state index contributed by atoms with van der Waals surface area (Å²) in [6, 6.07) is 21.2. The summed E-state index contributed by atoms with van der Waals surface area (Å²) in [5.74, 6) is 1.11. The Morgan fingerprint density at radius 3 is 2.58 bits per heavy atom. The number of aryl methyl sites for hydroxylation is 1. The average molecular weight is 431 g/mol. The Bertz CT molecular complexity index is 1400. The molecule has 0 radical (unpaired) electrons. The molecule has 0 fully saturated rings. The van der Waals surface area contributed by atoms with E-state index in [2.05, 4.69) is 10.3 Å². The van der Waals surface area contributed by atoms with E-state index in [4.69, 9.17) is 21.3 Å². The van der Waals surface area contributed by atoms with Crippen LogP contribution in [-0.4, -0.2) is 20.0 Å². The van der Waals surface area contributed by atoms with Gasteiger partial charge >= 0.3 is 0 Å². The molecule has 0 bridgehead atoms. The molecule has 2 heterocycles. The Balaban J connectivity index is 1.47. The van der Waals surface area contributed by atoms with Crippen LogP contribution in [-0.2, 0) is 0 Å². The highest BCUT2D eigenvalue weighted by Gasteiger charge is 2.11. The SMILES string of the molecule is Cc1cc(Oc2cccc3nc(-c4cn(-c5ccc(F)cc5)nn4)ccc23)ccc1Cl. The maximum absolute atomic E-state index is 13.2. The molecule has 152 valence electrons. The zero-order valence-corrected chi connectivity index (χ0v) is 17.2. The van der Waals surface area contributed by atoms with E-state index in [0.717, 1.165) is 22.2 Å². The summed E-state index contributed by atoms with van der Waals surface area (Å²) >= 11 is 6.11.